The maximum Gasteiger partial charge on any atom is 0.308 e. The Morgan fingerprint density at radius 2 is 2.14 bits per heavy atom. The molecule has 1 aliphatic rings. The highest BCUT2D eigenvalue weighted by Gasteiger charge is 2.30. The molecule has 0 bridgehead atoms. The Hall–Kier alpha value is -2.01. The maximum atomic E-state index is 12.4. The number of piperidine rings is 1. The van der Waals surface area contributed by atoms with Crippen LogP contribution in [0.2, 0.25) is 5.02 Å². The molecule has 0 spiro atoms. The number of fused-ring (bicyclic) bond motifs is 1. The van der Waals surface area contributed by atoms with Gasteiger partial charge in [0, 0.05) is 23.5 Å². The molecule has 5 nitrogen and oxygen atoms in total. The fourth-order valence-electron chi connectivity index (χ4n) is 2.64. The molecule has 2 heterocycles. The van der Waals surface area contributed by atoms with Gasteiger partial charge in [-0.25, -0.2) is 0 Å². The quantitative estimate of drug-likeness (QED) is 0.925. The number of carboxylic acid groups (broad SMARTS) is 1. The van der Waals surface area contributed by atoms with Gasteiger partial charge in [0.2, 0.25) is 0 Å². The number of rotatable bonds is 2. The molecule has 21 heavy (non-hydrogen) atoms. The van der Waals surface area contributed by atoms with Crippen molar-refractivity contribution in [3.05, 3.63) is 35.0 Å². The lowest BCUT2D eigenvalue weighted by atomic mass is 9.98. The van der Waals surface area contributed by atoms with E-state index in [1.54, 1.807) is 29.2 Å². The fraction of sp³-hybridized carbons (Fsp3) is 0.333. The smallest absolute Gasteiger partial charge is 0.308 e. The van der Waals surface area contributed by atoms with E-state index in [1.165, 1.54) is 0 Å². The highest BCUT2D eigenvalue weighted by Crippen LogP contribution is 2.25. The van der Waals surface area contributed by atoms with Crippen molar-refractivity contribution >= 4 is 34.4 Å². The van der Waals surface area contributed by atoms with Crippen molar-refractivity contribution < 1.29 is 19.1 Å². The zero-order valence-electron chi connectivity index (χ0n) is 11.2. The summed E-state index contributed by atoms with van der Waals surface area (Å²) in [7, 11) is 0. The van der Waals surface area contributed by atoms with E-state index in [-0.39, 0.29) is 18.2 Å². The van der Waals surface area contributed by atoms with Gasteiger partial charge in [0.05, 0.1) is 5.92 Å². The Labute approximate surface area is 126 Å². The number of carbonyl (C=O) groups excluding carboxylic acids is 1. The molecule has 1 aromatic heterocycles. The summed E-state index contributed by atoms with van der Waals surface area (Å²) in [6.07, 6.45) is 1.30. The van der Waals surface area contributed by atoms with Crippen LogP contribution in [0.4, 0.5) is 0 Å². The third-order valence-electron chi connectivity index (χ3n) is 3.75. The minimum atomic E-state index is -0.858. The van der Waals surface area contributed by atoms with Crippen LogP contribution in [0.3, 0.4) is 0 Å². The molecule has 0 unspecified atom stereocenters. The van der Waals surface area contributed by atoms with Gasteiger partial charge in [-0.1, -0.05) is 11.6 Å². The number of halogens is 1. The van der Waals surface area contributed by atoms with Crippen molar-refractivity contribution in [3.63, 3.8) is 0 Å². The first-order valence-electron chi connectivity index (χ1n) is 6.76. The molecule has 1 N–H and O–H groups in total. The highest BCUT2D eigenvalue weighted by atomic mass is 35.5. The average molecular weight is 308 g/mol. The van der Waals surface area contributed by atoms with Crippen molar-refractivity contribution in [2.45, 2.75) is 12.8 Å². The van der Waals surface area contributed by atoms with Crippen molar-refractivity contribution in [1.29, 1.82) is 0 Å². The fourth-order valence-corrected chi connectivity index (χ4v) is 2.82. The molecule has 1 aromatic carbocycles. The zero-order chi connectivity index (χ0) is 15.0. The van der Waals surface area contributed by atoms with Gasteiger partial charge >= 0.3 is 5.97 Å². The van der Waals surface area contributed by atoms with E-state index in [4.69, 9.17) is 21.1 Å². The SMILES string of the molecule is O=C(O)[C@H]1CCCN(C(=O)c2cc3cc(Cl)ccc3o2)C1. The average Bonchev–Trinajstić information content (AvgIpc) is 2.89. The van der Waals surface area contributed by atoms with Gasteiger partial charge in [-0.3, -0.25) is 9.59 Å². The van der Waals surface area contributed by atoms with Crippen LogP contribution in [-0.4, -0.2) is 35.0 Å². The number of hydrogen-bond donors (Lipinski definition) is 1. The molecule has 1 fully saturated rings. The summed E-state index contributed by atoms with van der Waals surface area (Å²) in [5.41, 5.74) is 0.592. The molecular formula is C15H14ClNO4. The number of furan rings is 1. The molecular weight excluding hydrogens is 294 g/mol. The lowest BCUT2D eigenvalue weighted by molar-refractivity contribution is -0.143. The normalized spacial score (nSPS) is 18.9. The van der Waals surface area contributed by atoms with E-state index in [0.29, 0.717) is 30.0 Å². The lowest BCUT2D eigenvalue weighted by Gasteiger charge is -2.29. The van der Waals surface area contributed by atoms with Crippen LogP contribution < -0.4 is 0 Å². The number of benzene rings is 1. The first-order valence-corrected chi connectivity index (χ1v) is 7.13. The molecule has 1 aliphatic heterocycles. The number of carbonyl (C=O) groups is 2. The van der Waals surface area contributed by atoms with Crippen molar-refractivity contribution in [2.75, 3.05) is 13.1 Å². The van der Waals surface area contributed by atoms with Crippen molar-refractivity contribution in [3.8, 4) is 0 Å². The van der Waals surface area contributed by atoms with Gasteiger partial charge in [-0.15, -0.1) is 0 Å². The molecule has 0 radical (unpaired) electrons. The van der Waals surface area contributed by atoms with E-state index in [0.717, 1.165) is 5.39 Å². The van der Waals surface area contributed by atoms with Crippen molar-refractivity contribution in [1.82, 2.24) is 4.90 Å². The van der Waals surface area contributed by atoms with Crippen molar-refractivity contribution in [2.24, 2.45) is 5.92 Å². The summed E-state index contributed by atoms with van der Waals surface area (Å²) in [4.78, 5) is 25.0. The summed E-state index contributed by atoms with van der Waals surface area (Å²) in [6, 6.07) is 6.79. The predicted octanol–water partition coefficient (Wildman–Crippen LogP) is 3.02. The second-order valence-corrected chi connectivity index (χ2v) is 5.66. The summed E-state index contributed by atoms with van der Waals surface area (Å²) in [5.74, 6) is -1.41. The number of aliphatic carboxylic acids is 1. The van der Waals surface area contributed by atoms with Crippen LogP contribution in [0.5, 0.6) is 0 Å². The number of nitrogens with zero attached hydrogens (tertiary/aromatic N) is 1. The van der Waals surface area contributed by atoms with Gasteiger partial charge in [0.25, 0.3) is 5.91 Å². The van der Waals surface area contributed by atoms with Gasteiger partial charge in [-0.05, 0) is 37.1 Å². The van der Waals surface area contributed by atoms with Crippen LogP contribution in [0.25, 0.3) is 11.0 Å². The molecule has 1 saturated heterocycles. The number of likely N-dealkylation sites (tertiary alicyclic amines) is 1. The van der Waals surface area contributed by atoms with E-state index in [2.05, 4.69) is 0 Å². The first-order chi connectivity index (χ1) is 10.0. The molecule has 1 atom stereocenters. The largest absolute Gasteiger partial charge is 0.481 e. The standard InChI is InChI=1S/C15H14ClNO4/c16-11-3-4-12-10(6-11)7-13(21-12)14(18)17-5-1-2-9(8-17)15(19)20/h3-4,6-7,9H,1-2,5,8H2,(H,19,20)/t9-/m0/s1. The second-order valence-electron chi connectivity index (χ2n) is 5.22. The number of hydrogen-bond acceptors (Lipinski definition) is 3. The summed E-state index contributed by atoms with van der Waals surface area (Å²) in [5, 5.41) is 10.4. The van der Waals surface area contributed by atoms with E-state index < -0.39 is 11.9 Å². The third kappa shape index (κ3) is 2.74. The molecule has 110 valence electrons. The molecule has 6 heteroatoms. The molecule has 3 rings (SSSR count). The van der Waals surface area contributed by atoms with Gasteiger partial charge < -0.3 is 14.4 Å². The van der Waals surface area contributed by atoms with Crippen LogP contribution in [0.1, 0.15) is 23.4 Å². The highest BCUT2D eigenvalue weighted by molar-refractivity contribution is 6.31. The summed E-state index contributed by atoms with van der Waals surface area (Å²) < 4.78 is 5.54. The second kappa shape index (κ2) is 5.41. The summed E-state index contributed by atoms with van der Waals surface area (Å²) >= 11 is 5.91. The topological polar surface area (TPSA) is 70.8 Å². The molecule has 0 aliphatic carbocycles. The molecule has 1 amide bonds. The first kappa shape index (κ1) is 13.9. The van der Waals surface area contributed by atoms with Crippen LogP contribution >= 0.6 is 11.6 Å². The van der Waals surface area contributed by atoms with Gasteiger partial charge in [0.15, 0.2) is 5.76 Å². The lowest BCUT2D eigenvalue weighted by Crippen LogP contribution is -2.42. The van der Waals surface area contributed by atoms with E-state index >= 15 is 0 Å². The van der Waals surface area contributed by atoms with E-state index in [1.807, 2.05) is 0 Å². The molecule has 2 aromatic rings. The Balaban J connectivity index is 1.84. The number of carboxylic acids is 1. The monoisotopic (exact) mass is 307 g/mol. The minimum absolute atomic E-state index is 0.221. The zero-order valence-corrected chi connectivity index (χ0v) is 12.0. The third-order valence-corrected chi connectivity index (χ3v) is 3.98. The Morgan fingerprint density at radius 1 is 1.33 bits per heavy atom. The van der Waals surface area contributed by atoms with Crippen LogP contribution in [-0.2, 0) is 4.79 Å². The summed E-state index contributed by atoms with van der Waals surface area (Å²) in [6.45, 7) is 0.784. The number of amides is 1. The van der Waals surface area contributed by atoms with Crippen LogP contribution in [0, 0.1) is 5.92 Å². The Morgan fingerprint density at radius 3 is 2.90 bits per heavy atom. The van der Waals surface area contributed by atoms with Gasteiger partial charge in [0.1, 0.15) is 5.58 Å². The minimum Gasteiger partial charge on any atom is -0.481 e. The maximum absolute atomic E-state index is 12.4. The van der Waals surface area contributed by atoms with Gasteiger partial charge in [-0.2, -0.15) is 0 Å². The Bertz CT molecular complexity index is 709. The molecule has 0 saturated carbocycles. The predicted molar refractivity (Wildman–Crippen MR) is 77.5 cm³/mol. The Kier molecular flexibility index (Phi) is 3.59. The van der Waals surface area contributed by atoms with E-state index in [9.17, 15) is 9.59 Å². The van der Waals surface area contributed by atoms with Crippen LogP contribution in [0.15, 0.2) is 28.7 Å².